The highest BCUT2D eigenvalue weighted by Crippen LogP contribution is 2.17. The minimum Gasteiger partial charge on any atom is -0.367 e. The van der Waals surface area contributed by atoms with E-state index in [9.17, 15) is 4.79 Å². The molecule has 6 nitrogen and oxygen atoms in total. The number of nitrogens with zero attached hydrogens (tertiary/aromatic N) is 2. The first kappa shape index (κ1) is 16.6. The maximum absolute atomic E-state index is 12.0. The lowest BCUT2D eigenvalue weighted by Crippen LogP contribution is -2.37. The summed E-state index contributed by atoms with van der Waals surface area (Å²) in [5.74, 6) is 0.757. The quantitative estimate of drug-likeness (QED) is 0.845. The summed E-state index contributed by atoms with van der Waals surface area (Å²) >= 11 is 0. The van der Waals surface area contributed by atoms with Crippen LogP contribution in [0, 0.1) is 0 Å². The molecule has 2 aromatic rings. The van der Waals surface area contributed by atoms with Gasteiger partial charge in [0.1, 0.15) is 6.61 Å². The van der Waals surface area contributed by atoms with Crippen LogP contribution in [0.3, 0.4) is 0 Å². The Bertz CT molecular complexity index is 636. The van der Waals surface area contributed by atoms with Crippen LogP contribution in [0.5, 0.6) is 0 Å². The summed E-state index contributed by atoms with van der Waals surface area (Å²) in [4.78, 5) is 16.2. The number of benzene rings is 1. The molecule has 1 aliphatic rings. The third kappa shape index (κ3) is 5.16. The van der Waals surface area contributed by atoms with Gasteiger partial charge in [0.2, 0.25) is 5.91 Å². The molecule has 1 amide bonds. The van der Waals surface area contributed by atoms with Gasteiger partial charge in [-0.3, -0.25) is 4.79 Å². The van der Waals surface area contributed by atoms with E-state index < -0.39 is 0 Å². The maximum Gasteiger partial charge on any atom is 0.252 e. The molecule has 1 aromatic carbocycles. The van der Waals surface area contributed by atoms with E-state index in [4.69, 9.17) is 9.26 Å². The molecular formula is C18H23N3O3. The van der Waals surface area contributed by atoms with Gasteiger partial charge >= 0.3 is 0 Å². The number of rotatable bonds is 7. The summed E-state index contributed by atoms with van der Waals surface area (Å²) in [7, 11) is 0. The van der Waals surface area contributed by atoms with E-state index in [1.165, 1.54) is 19.3 Å². The molecule has 3 rings (SSSR count). The zero-order valence-corrected chi connectivity index (χ0v) is 13.7. The van der Waals surface area contributed by atoms with Crippen molar-refractivity contribution in [1.82, 2.24) is 15.5 Å². The number of ether oxygens (including phenoxy) is 1. The van der Waals surface area contributed by atoms with Crippen molar-refractivity contribution in [3.63, 3.8) is 0 Å². The van der Waals surface area contributed by atoms with E-state index in [1.54, 1.807) is 0 Å². The molecule has 6 heteroatoms. The standard InChI is InChI=1S/C18H23N3O3/c22-17(19-15-9-5-2-6-10-15)11-16-20-18(24-21-16)13-23-12-14-7-3-1-4-8-14/h1,3-4,7-8,15H,2,5-6,9-13H2,(H,19,22). The first-order valence-corrected chi connectivity index (χ1v) is 8.52. The molecule has 128 valence electrons. The average Bonchev–Trinajstić information content (AvgIpc) is 3.04. The zero-order chi connectivity index (χ0) is 16.6. The second-order valence-corrected chi connectivity index (χ2v) is 6.16. The molecule has 0 aliphatic heterocycles. The van der Waals surface area contributed by atoms with Gasteiger partial charge in [-0.05, 0) is 18.4 Å². The van der Waals surface area contributed by atoms with Crippen molar-refractivity contribution in [2.24, 2.45) is 0 Å². The fourth-order valence-electron chi connectivity index (χ4n) is 2.92. The normalized spacial score (nSPS) is 15.3. The van der Waals surface area contributed by atoms with Crippen molar-refractivity contribution in [2.75, 3.05) is 0 Å². The summed E-state index contributed by atoms with van der Waals surface area (Å²) in [5, 5.41) is 6.90. The molecule has 0 bridgehead atoms. The average molecular weight is 329 g/mol. The number of hydrogen-bond acceptors (Lipinski definition) is 5. The predicted molar refractivity (Wildman–Crippen MR) is 88.0 cm³/mol. The Hall–Kier alpha value is -2.21. The van der Waals surface area contributed by atoms with E-state index in [2.05, 4.69) is 15.5 Å². The minimum absolute atomic E-state index is 0.0422. The van der Waals surface area contributed by atoms with Crippen molar-refractivity contribution in [1.29, 1.82) is 0 Å². The highest BCUT2D eigenvalue weighted by molar-refractivity contribution is 5.78. The van der Waals surface area contributed by atoms with Crippen LogP contribution in [0.2, 0.25) is 0 Å². The third-order valence-corrected chi connectivity index (χ3v) is 4.14. The van der Waals surface area contributed by atoms with Crippen LogP contribution in [0.15, 0.2) is 34.9 Å². The van der Waals surface area contributed by atoms with Gasteiger partial charge in [0, 0.05) is 6.04 Å². The summed E-state index contributed by atoms with van der Waals surface area (Å²) in [6.45, 7) is 0.729. The molecule has 1 fully saturated rings. The van der Waals surface area contributed by atoms with E-state index in [1.807, 2.05) is 30.3 Å². The fraction of sp³-hybridized carbons (Fsp3) is 0.500. The van der Waals surface area contributed by atoms with Gasteiger partial charge in [0.25, 0.3) is 5.89 Å². The highest BCUT2D eigenvalue weighted by atomic mass is 16.5. The Balaban J connectivity index is 1.40. The number of carbonyl (C=O) groups excluding carboxylic acids is 1. The van der Waals surface area contributed by atoms with Gasteiger partial charge in [-0.25, -0.2) is 0 Å². The minimum atomic E-state index is -0.0422. The molecule has 1 aromatic heterocycles. The molecule has 0 radical (unpaired) electrons. The van der Waals surface area contributed by atoms with Crippen molar-refractivity contribution >= 4 is 5.91 Å². The largest absolute Gasteiger partial charge is 0.367 e. The van der Waals surface area contributed by atoms with Gasteiger partial charge in [0.15, 0.2) is 5.82 Å². The highest BCUT2D eigenvalue weighted by Gasteiger charge is 2.17. The third-order valence-electron chi connectivity index (χ3n) is 4.14. The monoisotopic (exact) mass is 329 g/mol. The number of amides is 1. The van der Waals surface area contributed by atoms with Crippen molar-refractivity contribution in [3.05, 3.63) is 47.6 Å². The van der Waals surface area contributed by atoms with Crippen LogP contribution in [-0.4, -0.2) is 22.1 Å². The molecule has 24 heavy (non-hydrogen) atoms. The molecule has 1 aliphatic carbocycles. The summed E-state index contributed by atoms with van der Waals surface area (Å²) in [6.07, 6.45) is 5.93. The van der Waals surface area contributed by atoms with Gasteiger partial charge in [-0.1, -0.05) is 54.8 Å². The number of carbonyl (C=O) groups is 1. The van der Waals surface area contributed by atoms with Crippen LogP contribution < -0.4 is 5.32 Å². The SMILES string of the molecule is O=C(Cc1noc(COCc2ccccc2)n1)NC1CCCCC1. The maximum atomic E-state index is 12.0. The molecule has 1 heterocycles. The Kier molecular flexibility index (Phi) is 5.96. The van der Waals surface area contributed by atoms with Crippen molar-refractivity contribution < 1.29 is 14.1 Å². The smallest absolute Gasteiger partial charge is 0.252 e. The summed E-state index contributed by atoms with van der Waals surface area (Å²) < 4.78 is 10.7. The Morgan fingerprint density at radius 1 is 1.17 bits per heavy atom. The van der Waals surface area contributed by atoms with Gasteiger partial charge < -0.3 is 14.6 Å². The lowest BCUT2D eigenvalue weighted by molar-refractivity contribution is -0.121. The molecule has 0 unspecified atom stereocenters. The lowest BCUT2D eigenvalue weighted by Gasteiger charge is -2.22. The topological polar surface area (TPSA) is 77.2 Å². The summed E-state index contributed by atoms with van der Waals surface area (Å²) in [5.41, 5.74) is 1.09. The Morgan fingerprint density at radius 2 is 1.96 bits per heavy atom. The second kappa shape index (κ2) is 8.59. The van der Waals surface area contributed by atoms with Gasteiger partial charge in [-0.15, -0.1) is 0 Å². The Labute approximate surface area is 141 Å². The van der Waals surface area contributed by atoms with Gasteiger partial charge in [0.05, 0.1) is 13.0 Å². The van der Waals surface area contributed by atoms with Gasteiger partial charge in [-0.2, -0.15) is 4.98 Å². The first-order valence-electron chi connectivity index (χ1n) is 8.52. The van der Waals surface area contributed by atoms with E-state index in [-0.39, 0.29) is 18.9 Å². The predicted octanol–water partition coefficient (Wildman–Crippen LogP) is 2.78. The lowest BCUT2D eigenvalue weighted by atomic mass is 9.95. The summed E-state index contributed by atoms with van der Waals surface area (Å²) in [6, 6.07) is 10.2. The molecule has 1 N–H and O–H groups in total. The van der Waals surface area contributed by atoms with E-state index in [0.29, 0.717) is 24.4 Å². The first-order chi connectivity index (χ1) is 11.8. The van der Waals surface area contributed by atoms with E-state index in [0.717, 1.165) is 18.4 Å². The Morgan fingerprint density at radius 3 is 2.75 bits per heavy atom. The molecule has 1 saturated carbocycles. The molecule has 0 atom stereocenters. The van der Waals surface area contributed by atoms with Crippen LogP contribution >= 0.6 is 0 Å². The molecule has 0 saturated heterocycles. The zero-order valence-electron chi connectivity index (χ0n) is 13.7. The van der Waals surface area contributed by atoms with Crippen molar-refractivity contribution in [3.8, 4) is 0 Å². The van der Waals surface area contributed by atoms with Crippen LogP contribution in [0.25, 0.3) is 0 Å². The van der Waals surface area contributed by atoms with Crippen LogP contribution in [0.1, 0.15) is 49.4 Å². The van der Waals surface area contributed by atoms with Crippen molar-refractivity contribution in [2.45, 2.75) is 57.8 Å². The molecule has 0 spiro atoms. The fourth-order valence-corrected chi connectivity index (χ4v) is 2.92. The number of hydrogen-bond donors (Lipinski definition) is 1. The number of nitrogens with one attached hydrogen (secondary N) is 1. The molecular weight excluding hydrogens is 306 g/mol. The van der Waals surface area contributed by atoms with Crippen LogP contribution in [-0.2, 0) is 29.2 Å². The van der Waals surface area contributed by atoms with Crippen LogP contribution in [0.4, 0.5) is 0 Å². The number of aromatic nitrogens is 2. The second-order valence-electron chi connectivity index (χ2n) is 6.16. The van der Waals surface area contributed by atoms with E-state index >= 15 is 0 Å².